The van der Waals surface area contributed by atoms with E-state index in [4.69, 9.17) is 9.72 Å². The van der Waals surface area contributed by atoms with E-state index in [-0.39, 0.29) is 31.4 Å². The molecule has 5 amide bonds. The van der Waals surface area contributed by atoms with Gasteiger partial charge in [-0.15, -0.1) is 0 Å². The minimum atomic E-state index is -1.14. The summed E-state index contributed by atoms with van der Waals surface area (Å²) in [6, 6.07) is 27.8. The van der Waals surface area contributed by atoms with Gasteiger partial charge in [-0.05, 0) is 65.5 Å². The average molecular weight is 859 g/mol. The Morgan fingerprint density at radius 1 is 0.825 bits per heavy atom. The number of hydrogen-bond donors (Lipinski definition) is 5. The van der Waals surface area contributed by atoms with Crippen molar-refractivity contribution in [2.75, 3.05) is 13.7 Å². The van der Waals surface area contributed by atoms with Crippen LogP contribution in [0.2, 0.25) is 0 Å². The number of para-hydroxylation sites is 2. The van der Waals surface area contributed by atoms with Crippen molar-refractivity contribution in [3.63, 3.8) is 0 Å². The van der Waals surface area contributed by atoms with E-state index in [1.807, 2.05) is 150 Å². The Bertz CT molecular complexity index is 2340. The molecule has 334 valence electrons. The Labute approximate surface area is 370 Å². The molecule has 1 aliphatic rings. The molecule has 6 atom stereocenters. The zero-order chi connectivity index (χ0) is 45.5. The highest BCUT2D eigenvalue weighted by molar-refractivity contribution is 5.87. The molecular weight excluding hydrogens is 797 g/mol. The van der Waals surface area contributed by atoms with Crippen LogP contribution in [0.15, 0.2) is 103 Å². The highest BCUT2D eigenvalue weighted by Crippen LogP contribution is 2.35. The van der Waals surface area contributed by atoms with Crippen LogP contribution in [-0.4, -0.2) is 92.4 Å². The molecule has 63 heavy (non-hydrogen) atoms. The second-order valence-electron chi connectivity index (χ2n) is 18.7. The molecule has 14 heteroatoms. The van der Waals surface area contributed by atoms with Gasteiger partial charge in [-0.3, -0.25) is 14.6 Å². The number of hydrogen-bond acceptors (Lipinski definition) is 8. The summed E-state index contributed by atoms with van der Waals surface area (Å²) in [5, 5.41) is 24.4. The van der Waals surface area contributed by atoms with Crippen LogP contribution in [0.25, 0.3) is 22.3 Å². The number of fused-ring (bicyclic) bond motifs is 1. The molecule has 3 heterocycles. The minimum Gasteiger partial charge on any atom is -0.453 e. The quantitative estimate of drug-likeness (QED) is 0.0782. The summed E-state index contributed by atoms with van der Waals surface area (Å²) < 4.78 is 6.83. The zero-order valence-corrected chi connectivity index (χ0v) is 37.6. The van der Waals surface area contributed by atoms with Crippen LogP contribution in [0.4, 0.5) is 9.59 Å². The van der Waals surface area contributed by atoms with E-state index < -0.39 is 59.0 Å². The summed E-state index contributed by atoms with van der Waals surface area (Å²) in [4.78, 5) is 65.9. The molecular formula is C49H62N8O6. The van der Waals surface area contributed by atoms with Gasteiger partial charge in [0.2, 0.25) is 11.8 Å². The number of carbonyl (C=O) groups is 4. The van der Waals surface area contributed by atoms with E-state index in [0.29, 0.717) is 18.7 Å². The maximum Gasteiger partial charge on any atom is 0.407 e. The number of pyridine rings is 1. The number of aryl methyl sites for hydroxylation is 1. The fraction of sp³-hybridized carbons (Fsp3) is 0.429. The third-order valence-corrected chi connectivity index (χ3v) is 11.9. The summed E-state index contributed by atoms with van der Waals surface area (Å²) in [7, 11) is 3.16. The smallest absolute Gasteiger partial charge is 0.407 e. The number of aromatic nitrogens is 3. The van der Waals surface area contributed by atoms with E-state index in [1.165, 1.54) is 7.11 Å². The Morgan fingerprint density at radius 3 is 2.13 bits per heavy atom. The molecule has 5 N–H and O–H groups in total. The number of imidazole rings is 1. The number of nitrogens with one attached hydrogen (secondary N) is 4. The topological polar surface area (TPSA) is 180 Å². The number of rotatable bonds is 16. The largest absolute Gasteiger partial charge is 0.453 e. The molecule has 1 unspecified atom stereocenters. The first-order chi connectivity index (χ1) is 29.9. The lowest BCUT2D eigenvalue weighted by Gasteiger charge is -2.39. The second-order valence-corrected chi connectivity index (χ2v) is 18.7. The third-order valence-electron chi connectivity index (χ3n) is 11.9. The van der Waals surface area contributed by atoms with Gasteiger partial charge < -0.3 is 40.6 Å². The van der Waals surface area contributed by atoms with Crippen LogP contribution in [0.3, 0.4) is 0 Å². The first-order valence-electron chi connectivity index (χ1n) is 21.5. The summed E-state index contributed by atoms with van der Waals surface area (Å²) in [5.74, 6) is -0.745. The van der Waals surface area contributed by atoms with Crippen LogP contribution >= 0.6 is 0 Å². The lowest BCUT2D eigenvalue weighted by atomic mass is 9.75. The Morgan fingerprint density at radius 2 is 1.49 bits per heavy atom. The van der Waals surface area contributed by atoms with E-state index >= 15 is 0 Å². The van der Waals surface area contributed by atoms with E-state index in [2.05, 4.69) is 26.3 Å². The molecule has 0 radical (unpaired) electrons. The molecule has 0 spiro atoms. The van der Waals surface area contributed by atoms with Gasteiger partial charge >= 0.3 is 12.1 Å². The van der Waals surface area contributed by atoms with E-state index in [1.54, 1.807) is 11.1 Å². The number of alkyl carbamates (subject to hydrolysis) is 1. The number of aliphatic hydroxyl groups is 1. The van der Waals surface area contributed by atoms with Gasteiger partial charge in [0.05, 0.1) is 54.5 Å². The average Bonchev–Trinajstić information content (AvgIpc) is 3.76. The number of aliphatic hydroxyl groups excluding tert-OH is 1. The van der Waals surface area contributed by atoms with Crippen molar-refractivity contribution in [1.82, 2.24) is 40.7 Å². The number of ether oxygens (including phenoxy) is 1. The maximum absolute atomic E-state index is 14.9. The van der Waals surface area contributed by atoms with E-state index in [9.17, 15) is 24.3 Å². The van der Waals surface area contributed by atoms with Crippen molar-refractivity contribution >= 4 is 35.0 Å². The van der Waals surface area contributed by atoms with Crippen molar-refractivity contribution in [2.45, 2.75) is 97.6 Å². The highest BCUT2D eigenvalue weighted by atomic mass is 16.5. The molecule has 0 saturated carbocycles. The predicted molar refractivity (Wildman–Crippen MR) is 243 cm³/mol. The standard InChI is InChI=1S/C49H62N8O6/c1-48(2,3)42(39-29-51-46(61)57(39)30-41-53-36-19-12-13-20-38(36)56(41)7)44(59)54-37(27-31-16-10-9-11-17-31)40(58)28-34(52-45(60)43(49(4,5)6)55-47(62)63-8)26-32-21-23-33(24-22-32)35-18-14-15-25-50-35/h9-25,34,37,39-40,42-43,58H,26-30H2,1-8H3,(H,51,61)(H,52,60)(H,54,59)(H,55,62)/t34-,37+,39?,40+,42+,43-/m1/s1. The van der Waals surface area contributed by atoms with Gasteiger partial charge in [0.15, 0.2) is 0 Å². The SMILES string of the molecule is COC(=O)N[C@H](C(=O)N[C@H](Cc1ccc(-c2ccccn2)cc1)C[C@H](O)[C@H](Cc1ccccc1)NC(=O)[C@H](C1CNC(=O)N1Cc1nc2ccccc2n1C)C(C)(C)C)C(C)(C)C. The Hall–Kier alpha value is -6.28. The highest BCUT2D eigenvalue weighted by Gasteiger charge is 2.47. The van der Waals surface area contributed by atoms with Crippen molar-refractivity contribution in [3.05, 3.63) is 120 Å². The van der Waals surface area contributed by atoms with Crippen molar-refractivity contribution in [2.24, 2.45) is 23.8 Å². The molecule has 5 aromatic rings. The number of amides is 5. The van der Waals surface area contributed by atoms with Gasteiger partial charge in [-0.25, -0.2) is 14.6 Å². The van der Waals surface area contributed by atoms with Crippen molar-refractivity contribution in [1.29, 1.82) is 0 Å². The van der Waals surface area contributed by atoms with Crippen LogP contribution < -0.4 is 21.3 Å². The predicted octanol–water partition coefficient (Wildman–Crippen LogP) is 6.17. The minimum absolute atomic E-state index is 0.0586. The third kappa shape index (κ3) is 11.6. The summed E-state index contributed by atoms with van der Waals surface area (Å²) in [6.45, 7) is 11.9. The van der Waals surface area contributed by atoms with Gasteiger partial charge in [-0.2, -0.15) is 0 Å². The summed E-state index contributed by atoms with van der Waals surface area (Å²) in [5.41, 5.74) is 4.01. The van der Waals surface area contributed by atoms with Gasteiger partial charge in [0, 0.05) is 31.4 Å². The molecule has 0 bridgehead atoms. The molecule has 6 rings (SSSR count). The Kier molecular flexibility index (Phi) is 14.6. The number of nitrogens with zero attached hydrogens (tertiary/aromatic N) is 4. The molecule has 1 aliphatic heterocycles. The van der Waals surface area contributed by atoms with Gasteiger partial charge in [-0.1, -0.05) is 114 Å². The molecule has 2 aromatic heterocycles. The zero-order valence-electron chi connectivity index (χ0n) is 37.6. The van der Waals surface area contributed by atoms with E-state index in [0.717, 1.165) is 33.4 Å². The van der Waals surface area contributed by atoms with Crippen molar-refractivity contribution < 1.29 is 29.0 Å². The second kappa shape index (κ2) is 19.8. The number of carbonyl (C=O) groups excluding carboxylic acids is 4. The monoisotopic (exact) mass is 858 g/mol. The van der Waals surface area contributed by atoms with Crippen LogP contribution in [-0.2, 0) is 40.8 Å². The Balaban J connectivity index is 1.29. The fourth-order valence-electron chi connectivity index (χ4n) is 8.51. The number of benzene rings is 3. The van der Waals surface area contributed by atoms with Crippen LogP contribution in [0, 0.1) is 16.7 Å². The molecule has 14 nitrogen and oxygen atoms in total. The summed E-state index contributed by atoms with van der Waals surface area (Å²) in [6.07, 6.45) is 0.547. The van der Waals surface area contributed by atoms with Gasteiger partial charge in [0.1, 0.15) is 11.9 Å². The summed E-state index contributed by atoms with van der Waals surface area (Å²) >= 11 is 0. The normalized spacial score (nSPS) is 16.7. The number of urea groups is 1. The van der Waals surface area contributed by atoms with Crippen molar-refractivity contribution in [3.8, 4) is 11.3 Å². The van der Waals surface area contributed by atoms with Crippen LogP contribution in [0.5, 0.6) is 0 Å². The molecule has 1 saturated heterocycles. The maximum atomic E-state index is 14.9. The first kappa shape index (κ1) is 46.2. The van der Waals surface area contributed by atoms with Gasteiger partial charge in [0.25, 0.3) is 0 Å². The fourth-order valence-corrected chi connectivity index (χ4v) is 8.51. The molecule has 3 aromatic carbocycles. The molecule has 0 aliphatic carbocycles. The van der Waals surface area contributed by atoms with Crippen LogP contribution in [0.1, 0.15) is 64.9 Å². The lowest BCUT2D eigenvalue weighted by Crippen LogP contribution is -2.57. The number of methoxy groups -OCH3 is 1. The lowest BCUT2D eigenvalue weighted by molar-refractivity contribution is -0.132. The molecule has 1 fully saturated rings. The first-order valence-corrected chi connectivity index (χ1v) is 21.5.